The summed E-state index contributed by atoms with van der Waals surface area (Å²) in [5, 5.41) is 3.38. The van der Waals surface area contributed by atoms with Gasteiger partial charge in [0.05, 0.1) is 36.9 Å². The summed E-state index contributed by atoms with van der Waals surface area (Å²) in [5.74, 6) is 2.66. The van der Waals surface area contributed by atoms with Crippen molar-refractivity contribution in [2.24, 2.45) is 0 Å². The first-order valence-corrected chi connectivity index (χ1v) is 13.2. The zero-order valence-electron chi connectivity index (χ0n) is 18.4. The molecule has 8 nitrogen and oxygen atoms in total. The normalized spacial score (nSPS) is 14.5. The first-order chi connectivity index (χ1) is 16.6. The van der Waals surface area contributed by atoms with Crippen LogP contribution in [0, 0.1) is 0 Å². The number of fused-ring (bicyclic) bond motifs is 4. The van der Waals surface area contributed by atoms with Crippen LogP contribution in [0.15, 0.2) is 52.8 Å². The number of hydrogen-bond donors (Lipinski definition) is 0. The molecule has 0 radical (unpaired) electrons. The predicted molar refractivity (Wildman–Crippen MR) is 136 cm³/mol. The summed E-state index contributed by atoms with van der Waals surface area (Å²) in [6, 6.07) is 7.38. The van der Waals surface area contributed by atoms with E-state index in [-0.39, 0.29) is 0 Å². The number of ether oxygens (including phenoxy) is 4. The van der Waals surface area contributed by atoms with Crippen molar-refractivity contribution < 1.29 is 18.9 Å². The largest absolute Gasteiger partial charge is 0.494 e. The van der Waals surface area contributed by atoms with Crippen LogP contribution in [0.5, 0.6) is 23.0 Å². The van der Waals surface area contributed by atoms with Crippen molar-refractivity contribution in [3.8, 4) is 23.0 Å². The Balaban J connectivity index is 1.40. The van der Waals surface area contributed by atoms with Gasteiger partial charge in [-0.05, 0) is 24.3 Å². The van der Waals surface area contributed by atoms with Gasteiger partial charge in [0.15, 0.2) is 0 Å². The van der Waals surface area contributed by atoms with Crippen molar-refractivity contribution in [3.63, 3.8) is 0 Å². The van der Waals surface area contributed by atoms with E-state index in [2.05, 4.69) is 0 Å². The SMILES string of the molecule is COc1ccc(OC)c2nc3c(nc12)SC(=C1Sc2nc4c(OC)ccc(OC)c4nc2S1)S3. The summed E-state index contributed by atoms with van der Waals surface area (Å²) in [6.07, 6.45) is 0. The molecule has 2 aromatic heterocycles. The molecule has 34 heavy (non-hydrogen) atoms. The Morgan fingerprint density at radius 2 is 0.676 bits per heavy atom. The average Bonchev–Trinajstić information content (AvgIpc) is 3.48. The molecule has 12 heteroatoms. The number of nitrogens with zero attached hydrogens (tertiary/aromatic N) is 4. The van der Waals surface area contributed by atoms with Gasteiger partial charge in [0.2, 0.25) is 0 Å². The van der Waals surface area contributed by atoms with E-state index < -0.39 is 0 Å². The molecule has 0 saturated heterocycles. The molecule has 0 atom stereocenters. The zero-order chi connectivity index (χ0) is 23.4. The number of methoxy groups -OCH3 is 4. The molecule has 0 aliphatic carbocycles. The van der Waals surface area contributed by atoms with E-state index >= 15 is 0 Å². The van der Waals surface area contributed by atoms with E-state index in [9.17, 15) is 0 Å². The maximum absolute atomic E-state index is 5.50. The molecule has 0 unspecified atom stereocenters. The van der Waals surface area contributed by atoms with E-state index in [1.165, 1.54) is 0 Å². The molecule has 172 valence electrons. The Kier molecular flexibility index (Phi) is 5.55. The molecule has 0 spiro atoms. The van der Waals surface area contributed by atoms with E-state index in [1.54, 1.807) is 75.5 Å². The first kappa shape index (κ1) is 22.0. The quantitative estimate of drug-likeness (QED) is 0.319. The van der Waals surface area contributed by atoms with Crippen molar-refractivity contribution in [1.82, 2.24) is 19.9 Å². The van der Waals surface area contributed by atoms with Gasteiger partial charge in [-0.25, -0.2) is 19.9 Å². The van der Waals surface area contributed by atoms with E-state index in [0.717, 1.165) is 28.6 Å². The number of thioether (sulfide) groups is 4. The van der Waals surface area contributed by atoms with Crippen LogP contribution >= 0.6 is 47.0 Å². The van der Waals surface area contributed by atoms with E-state index in [0.29, 0.717) is 45.1 Å². The van der Waals surface area contributed by atoms with Crippen LogP contribution < -0.4 is 18.9 Å². The Hall–Kier alpha value is -2.54. The molecule has 0 saturated carbocycles. The van der Waals surface area contributed by atoms with Crippen molar-refractivity contribution in [3.05, 3.63) is 32.7 Å². The number of rotatable bonds is 4. The lowest BCUT2D eigenvalue weighted by molar-refractivity contribution is 0.408. The number of hydrogen-bond acceptors (Lipinski definition) is 12. The maximum atomic E-state index is 5.50. The van der Waals surface area contributed by atoms with Gasteiger partial charge in [-0.3, -0.25) is 0 Å². The zero-order valence-corrected chi connectivity index (χ0v) is 21.6. The Bertz CT molecular complexity index is 1310. The van der Waals surface area contributed by atoms with Crippen LogP contribution in [0.3, 0.4) is 0 Å². The highest BCUT2D eigenvalue weighted by Gasteiger charge is 2.32. The minimum Gasteiger partial charge on any atom is -0.494 e. The van der Waals surface area contributed by atoms with Gasteiger partial charge >= 0.3 is 0 Å². The fourth-order valence-corrected chi connectivity index (χ4v) is 8.50. The lowest BCUT2D eigenvalue weighted by atomic mass is 10.2. The molecule has 0 amide bonds. The summed E-state index contributed by atoms with van der Waals surface area (Å²) >= 11 is 6.39. The molecule has 0 bridgehead atoms. The predicted octanol–water partition coefficient (Wildman–Crippen LogP) is 5.83. The highest BCUT2D eigenvalue weighted by Crippen LogP contribution is 2.60. The van der Waals surface area contributed by atoms with Crippen molar-refractivity contribution in [1.29, 1.82) is 0 Å². The first-order valence-electron chi connectivity index (χ1n) is 9.94. The summed E-state index contributed by atoms with van der Waals surface area (Å²) in [4.78, 5) is 19.4. The third kappa shape index (κ3) is 3.43. The third-order valence-electron chi connectivity index (χ3n) is 5.18. The van der Waals surface area contributed by atoms with Crippen LogP contribution in [0.1, 0.15) is 0 Å². The summed E-state index contributed by atoms with van der Waals surface area (Å²) in [7, 11) is 6.51. The fourth-order valence-electron chi connectivity index (χ4n) is 3.60. The molecule has 6 rings (SSSR count). The second-order valence-electron chi connectivity index (χ2n) is 6.99. The second-order valence-corrected chi connectivity index (χ2v) is 11.5. The highest BCUT2D eigenvalue weighted by molar-refractivity contribution is 8.30. The lowest BCUT2D eigenvalue weighted by Gasteiger charge is -2.09. The van der Waals surface area contributed by atoms with Crippen LogP contribution in [0.2, 0.25) is 0 Å². The molecule has 2 aromatic carbocycles. The van der Waals surface area contributed by atoms with Gasteiger partial charge in [-0.1, -0.05) is 47.0 Å². The van der Waals surface area contributed by atoms with Gasteiger partial charge in [-0.15, -0.1) is 0 Å². The van der Waals surface area contributed by atoms with Gasteiger partial charge < -0.3 is 18.9 Å². The van der Waals surface area contributed by atoms with Crippen LogP contribution in [0.25, 0.3) is 22.1 Å². The molecular formula is C22H16N4O4S4. The van der Waals surface area contributed by atoms with Crippen molar-refractivity contribution in [2.75, 3.05) is 28.4 Å². The molecule has 2 aliphatic rings. The summed E-state index contributed by atoms with van der Waals surface area (Å²) in [6.45, 7) is 0. The van der Waals surface area contributed by atoms with Gasteiger partial charge in [0.25, 0.3) is 0 Å². The molecule has 2 aliphatic heterocycles. The van der Waals surface area contributed by atoms with E-state index in [4.69, 9.17) is 38.9 Å². The lowest BCUT2D eigenvalue weighted by Crippen LogP contribution is -1.95. The summed E-state index contributed by atoms with van der Waals surface area (Å²) < 4.78 is 24.2. The monoisotopic (exact) mass is 528 g/mol. The molecule has 0 N–H and O–H groups in total. The number of aromatic nitrogens is 4. The standard InChI is InChI=1S/C22H16N4O4S4/c1-27-9-5-6-10(28-2)14-13(9)23-17-18(24-14)32-21(31-17)22-33-19-20(34-22)26-16-12(30-4)8-7-11(29-3)15(16)25-19/h5-8H,1-4H3. The minimum atomic E-state index is 0.665. The molecule has 4 aromatic rings. The number of benzene rings is 2. The van der Waals surface area contributed by atoms with Crippen molar-refractivity contribution in [2.45, 2.75) is 20.1 Å². The van der Waals surface area contributed by atoms with Crippen LogP contribution in [-0.4, -0.2) is 48.4 Å². The topological polar surface area (TPSA) is 88.5 Å². The van der Waals surface area contributed by atoms with Gasteiger partial charge in [-0.2, -0.15) is 0 Å². The smallest absolute Gasteiger partial charge is 0.147 e. The Morgan fingerprint density at radius 1 is 0.441 bits per heavy atom. The van der Waals surface area contributed by atoms with E-state index in [1.807, 2.05) is 24.3 Å². The van der Waals surface area contributed by atoms with Gasteiger partial charge in [0.1, 0.15) is 65.2 Å². The van der Waals surface area contributed by atoms with Gasteiger partial charge in [0, 0.05) is 0 Å². The summed E-state index contributed by atoms with van der Waals surface area (Å²) in [5.41, 5.74) is 2.74. The second kappa shape index (κ2) is 8.59. The molecular weight excluding hydrogens is 513 g/mol. The average molecular weight is 529 g/mol. The minimum absolute atomic E-state index is 0.665. The molecule has 0 fully saturated rings. The third-order valence-corrected chi connectivity index (χ3v) is 10.4. The van der Waals surface area contributed by atoms with Crippen LogP contribution in [-0.2, 0) is 0 Å². The fraction of sp³-hybridized carbons (Fsp3) is 0.182. The molecule has 4 heterocycles. The maximum Gasteiger partial charge on any atom is 0.147 e. The Labute approximate surface area is 211 Å². The van der Waals surface area contributed by atoms with Crippen molar-refractivity contribution >= 4 is 69.1 Å². The Morgan fingerprint density at radius 3 is 0.882 bits per heavy atom. The van der Waals surface area contributed by atoms with Crippen LogP contribution in [0.4, 0.5) is 0 Å². The highest BCUT2D eigenvalue weighted by atomic mass is 32.2.